The van der Waals surface area contributed by atoms with Crippen LogP contribution in [0.15, 0.2) is 112 Å². The number of alkyl halides is 1. The summed E-state index contributed by atoms with van der Waals surface area (Å²) >= 11 is 4.98. The van der Waals surface area contributed by atoms with E-state index in [0.717, 1.165) is 79.7 Å². The molecule has 6 heterocycles. The molecule has 74 heteroatoms. The van der Waals surface area contributed by atoms with Crippen LogP contribution in [-0.2, 0) is 150 Å². The summed E-state index contributed by atoms with van der Waals surface area (Å²) in [6, 6.07) is 0. The summed E-state index contributed by atoms with van der Waals surface area (Å²) in [5.74, 6) is -6.43. The molecule has 23 N–H and O–H groups in total. The fourth-order valence-corrected chi connectivity index (χ4v) is 15.1. The Morgan fingerprint density at radius 2 is 0.821 bits per heavy atom. The number of halogens is 5. The van der Waals surface area contributed by atoms with Crippen molar-refractivity contribution in [3.05, 3.63) is 112 Å². The number of aliphatic hydroxyl groups excluding tert-OH is 1. The van der Waals surface area contributed by atoms with Gasteiger partial charge in [0.15, 0.2) is 67.1 Å². The van der Waals surface area contributed by atoms with E-state index < -0.39 is 167 Å². The van der Waals surface area contributed by atoms with Crippen LogP contribution in [-0.4, -0.2) is 240 Å². The first-order valence-corrected chi connectivity index (χ1v) is 47.5. The monoisotopic (exact) mass is 2090 g/mol. The van der Waals surface area contributed by atoms with E-state index in [0.29, 0.717) is 4.57 Å². The SMILES string of the molecule is C.C.CC(O)(C[n+]1ccn(CC(O)(P(=O)(O)O)P(=O)(O)O)c1)P(=O)(O)O.COC(=O)CCl.COC(=O)Cn1cc[n+](CC(=O)OC)c1.C[Si](C)(C)n1ccnc1.Cl.O.O=C(O)C[n+]1ccn(CC(O)(P(=O)(O)O)P(=O)(O)O)c1.O=C(O)Cn1cc[n+](CC(=O)O)c1.O=P([O-])(O)C(O)Cn1cc[n+](CC(O)(P(=O)([O-])[O-])P(=O)([O-])O)c1.O=[P+]([O-])[O-].[Cl-].[Cl-].[Cl-].[Na+].[OH-]. The van der Waals surface area contributed by atoms with Crippen LogP contribution in [0.2, 0.25) is 19.6 Å². The van der Waals surface area contributed by atoms with E-state index in [2.05, 4.69) is 43.1 Å². The van der Waals surface area contributed by atoms with Gasteiger partial charge in [0.05, 0.1) is 27.7 Å². The number of methoxy groups -OCH3 is 3. The minimum atomic E-state index is -6.20. The summed E-state index contributed by atoms with van der Waals surface area (Å²) in [4.78, 5) is 234. The maximum absolute atomic E-state index is 11.3. The zero-order chi connectivity index (χ0) is 89.8. The predicted octanol–water partition coefficient (Wildman–Crippen LogP) is -22.6. The molecule has 0 aliphatic rings. The van der Waals surface area contributed by atoms with Crippen LogP contribution in [0.4, 0.5) is 0 Å². The maximum Gasteiger partial charge on any atom is 1.00 e. The van der Waals surface area contributed by atoms with Gasteiger partial charge in [0, 0.05) is 12.4 Å². The molecule has 0 amide bonds. The molecule has 0 aliphatic carbocycles. The zero-order valence-electron chi connectivity index (χ0n) is 63.2. The average Bonchev–Trinajstić information content (AvgIpc) is 1.70. The van der Waals surface area contributed by atoms with Crippen molar-refractivity contribution in [3.8, 4) is 0 Å². The van der Waals surface area contributed by atoms with Gasteiger partial charge >= 0.3 is 114 Å². The second kappa shape index (κ2) is 59.8. The van der Waals surface area contributed by atoms with Crippen LogP contribution >= 0.6 is 93.0 Å². The quantitative estimate of drug-likeness (QED) is 0.00497. The van der Waals surface area contributed by atoms with Crippen LogP contribution in [0.5, 0.6) is 0 Å². The van der Waals surface area contributed by atoms with Crippen LogP contribution < -0.4 is 119 Å². The number of aliphatic hydroxyl groups is 5. The Bertz CT molecular complexity index is 4430. The molecule has 0 radical (unpaired) electrons. The molecule has 123 heavy (non-hydrogen) atoms. The largest absolute Gasteiger partial charge is 1.00 e. The first kappa shape index (κ1) is 142. The summed E-state index contributed by atoms with van der Waals surface area (Å²) in [6.45, 7) is 2.16. The number of hydrogen-bond acceptors (Lipinski definition) is 31. The summed E-state index contributed by atoms with van der Waals surface area (Å²) in [6.07, 6.45) is 24.4. The summed E-state index contributed by atoms with van der Waals surface area (Å²) in [5.41, 5.74) is 0. The van der Waals surface area contributed by atoms with Gasteiger partial charge in [-0.15, -0.1) is 24.0 Å². The third-order valence-electron chi connectivity index (χ3n) is 13.2. The number of carbonyl (C=O) groups is 6. The second-order valence-electron chi connectivity index (χ2n) is 23.5. The Balaban J connectivity index is -0.000000133. The van der Waals surface area contributed by atoms with E-state index in [1.54, 1.807) is 27.9 Å². The van der Waals surface area contributed by atoms with E-state index in [4.69, 9.17) is 105 Å². The van der Waals surface area contributed by atoms with Gasteiger partial charge < -0.3 is 209 Å². The van der Waals surface area contributed by atoms with Crippen molar-refractivity contribution in [2.24, 2.45) is 0 Å². The van der Waals surface area contributed by atoms with Crippen molar-refractivity contribution in [2.45, 2.75) is 133 Å². The van der Waals surface area contributed by atoms with E-state index in [-0.39, 0.29) is 149 Å². The normalized spacial score (nSPS) is 13.3. The van der Waals surface area contributed by atoms with Crippen molar-refractivity contribution in [3.63, 3.8) is 0 Å². The number of hydrogen-bond donors (Lipinski definition) is 20. The number of rotatable bonds is 30. The van der Waals surface area contributed by atoms with Crippen molar-refractivity contribution in [1.29, 1.82) is 0 Å². The minimum absolute atomic E-state index is 0. The number of imidazole rings is 6. The third-order valence-corrected chi connectivity index (χ3v) is 28.5. The van der Waals surface area contributed by atoms with E-state index in [1.165, 1.54) is 55.4 Å². The molecule has 0 saturated carbocycles. The molecular formula is C49H94Cl5N12NaO46P9Si-3. The Morgan fingerprint density at radius 1 is 0.512 bits per heavy atom. The Hall–Kier alpha value is -4.31. The standard InChI is InChI=1S/C9H13N2O4.C8H17N2O11P3.C7H15N2O11P3.C7H12N2O9P2.C7H8N2O4.C6H12N2Si.C3H5ClO2.2CH4.4ClH.Na.HO3P.2H2O/c1-14-8(12)5-10-3-4-11(7-10)6-9(13)15-2;1-7(11,22(13,14)15)4-9-2-3-10(6-9)5-8(12,23(16,17)18)24(19,20)21;10-6(21(12,13)14)3-8-1-2-9(5-8)4-7(11,22(15,16)17)23(18,19)20;10-6(11)3-8-1-2-9(5-8)4-7(12,19(13,14)15)20(16,17)18;10-6(11)3-8-1-2-9(5-8)4-7(12)13;1-9(2,3)8-5-4-7-6-8;1-6-3(5)2-4;;;;;;;;1-4(2)3;;/h3-4,7H,5-6H2,1-2H3;2-3,6,11-12H,4-5H2,1H3,(H5-,13,14,15,16,17,18,19,20,21);1-2,5-6,10-11H,3-4H2,(H5-,12,13,14,15,16,17,18,19,20);1-2,5,12H,3-4H2,(H4-,10,11,13,14,15,16,17,18);1-2,5H,3-4H2,(H-,10,11,12,13);4-6H,1-3H3;2H2,1H3;2*1H4;4*1H;;(H,1,2,3);2*1H2/q+1;;;;;;;;;;;;;+1;;;/p-5. The number of ether oxygens (including phenoxy) is 3. The molecule has 58 nitrogen and oxygen atoms in total. The first-order chi connectivity index (χ1) is 51.2. The molecule has 5 unspecified atom stereocenters. The maximum atomic E-state index is 11.3. The van der Waals surface area contributed by atoms with Crippen LogP contribution in [0.3, 0.4) is 0 Å². The van der Waals surface area contributed by atoms with E-state index >= 15 is 0 Å². The third kappa shape index (κ3) is 51.6. The molecule has 6 aromatic heterocycles. The topological polar surface area (TPSA) is 950 Å². The number of aliphatic carboxylic acids is 3. The Kier molecular flexibility index (Phi) is 68.9. The minimum Gasteiger partial charge on any atom is -1.00 e. The van der Waals surface area contributed by atoms with Gasteiger partial charge in [-0.2, -0.15) is 0 Å². The summed E-state index contributed by atoms with van der Waals surface area (Å²) in [7, 11) is -45.1. The zero-order valence-corrected chi connectivity index (χ0v) is 78.1. The summed E-state index contributed by atoms with van der Waals surface area (Å²) in [5, 5.41) is 59.5. The number of carboxylic acid groups (broad SMARTS) is 3. The fraction of sp³-hybridized carbons (Fsp3) is 0.510. The van der Waals surface area contributed by atoms with Crippen LogP contribution in [0.25, 0.3) is 0 Å². The number of aromatic nitrogens is 12. The van der Waals surface area contributed by atoms with Crippen molar-refractivity contribution >= 4 is 137 Å². The van der Waals surface area contributed by atoms with Crippen molar-refractivity contribution in [2.75, 3.05) is 27.2 Å². The predicted molar refractivity (Wildman–Crippen MR) is 387 cm³/mol. The second-order valence-corrected chi connectivity index (χ2v) is 44.8. The van der Waals surface area contributed by atoms with Crippen molar-refractivity contribution < 1.29 is 314 Å². The van der Waals surface area contributed by atoms with Gasteiger partial charge in [0.2, 0.25) is 37.0 Å². The molecule has 5 atom stereocenters. The first-order valence-electron chi connectivity index (χ1n) is 29.6. The fourth-order valence-electron chi connectivity index (χ4n) is 7.25. The summed E-state index contributed by atoms with van der Waals surface area (Å²) < 4.78 is 124. The molecule has 0 fully saturated rings. The molecule has 0 bridgehead atoms. The molecule has 0 aromatic carbocycles. The number of carboxylic acids is 3. The van der Waals surface area contributed by atoms with Gasteiger partial charge in [0.25, 0.3) is 8.25 Å². The molecule has 6 rings (SSSR count). The molecule has 6 aromatic rings. The molecular weight excluding hydrogens is 2000 g/mol. The van der Waals surface area contributed by atoms with Crippen molar-refractivity contribution in [1.82, 2.24) is 32.1 Å². The number of carbonyl (C=O) groups excluding carboxylic acids is 3. The number of nitrogens with zero attached hydrogens (tertiary/aromatic N) is 12. The van der Waals surface area contributed by atoms with E-state index in [9.17, 15) is 105 Å². The molecule has 0 saturated heterocycles. The Labute approximate surface area is 750 Å². The van der Waals surface area contributed by atoms with Gasteiger partial charge in [-0.05, 0) is 14.5 Å². The smallest absolute Gasteiger partial charge is 1.00 e. The van der Waals surface area contributed by atoms with E-state index in [1.807, 2.05) is 18.7 Å². The van der Waals surface area contributed by atoms with Crippen LogP contribution in [0.1, 0.15) is 21.8 Å². The number of esters is 3. The van der Waals surface area contributed by atoms with Gasteiger partial charge in [-0.25, -0.2) is 74.6 Å². The van der Waals surface area contributed by atoms with Gasteiger partial charge in [-0.3, -0.25) is 27.6 Å². The van der Waals surface area contributed by atoms with Gasteiger partial charge in [-0.1, -0.05) is 39.1 Å². The van der Waals surface area contributed by atoms with Gasteiger partial charge in [0.1, 0.15) is 101 Å². The Morgan fingerprint density at radius 3 is 1.09 bits per heavy atom. The molecule has 0 aliphatic heterocycles. The molecule has 0 spiro atoms. The average molecular weight is 2090 g/mol. The molecule has 714 valence electrons. The van der Waals surface area contributed by atoms with Crippen LogP contribution in [0, 0.1) is 0 Å².